The van der Waals surface area contributed by atoms with Crippen LogP contribution in [0, 0.1) is 0 Å². The first-order chi connectivity index (χ1) is 9.20. The van der Waals surface area contributed by atoms with E-state index in [4.69, 9.17) is 16.3 Å². The van der Waals surface area contributed by atoms with Gasteiger partial charge in [-0.15, -0.1) is 0 Å². The Morgan fingerprint density at radius 1 is 1.37 bits per heavy atom. The number of hydrogen-bond acceptors (Lipinski definition) is 3. The fourth-order valence-electron chi connectivity index (χ4n) is 2.90. The van der Waals surface area contributed by atoms with Crippen molar-refractivity contribution in [2.24, 2.45) is 0 Å². The molecular weight excluding hydrogens is 264 g/mol. The fourth-order valence-corrected chi connectivity index (χ4v) is 3.11. The summed E-state index contributed by atoms with van der Waals surface area (Å²) >= 11 is 6.00. The Morgan fingerprint density at radius 2 is 2.16 bits per heavy atom. The number of amides is 1. The summed E-state index contributed by atoms with van der Waals surface area (Å²) in [6, 6.07) is 7.65. The summed E-state index contributed by atoms with van der Waals surface area (Å²) in [5, 5.41) is 4.03. The van der Waals surface area contributed by atoms with Crippen LogP contribution in [0.1, 0.15) is 18.4 Å². The second-order valence-corrected chi connectivity index (χ2v) is 5.68. The van der Waals surface area contributed by atoms with Crippen molar-refractivity contribution >= 4 is 17.7 Å². The van der Waals surface area contributed by atoms with Gasteiger partial charge in [-0.3, -0.25) is 4.90 Å². The number of rotatable bonds is 2. The summed E-state index contributed by atoms with van der Waals surface area (Å²) in [6.07, 6.45) is 1.68. The number of carbonyl (C=O) groups excluding carboxylic acids is 1. The number of nitrogens with zero attached hydrogens (tertiary/aromatic N) is 1. The second kappa shape index (κ2) is 5.02. The van der Waals surface area contributed by atoms with Crippen molar-refractivity contribution in [2.45, 2.75) is 24.9 Å². The Kier molecular flexibility index (Phi) is 3.37. The van der Waals surface area contributed by atoms with E-state index in [0.717, 1.165) is 31.5 Å². The minimum atomic E-state index is -0.207. The lowest BCUT2D eigenvalue weighted by Crippen LogP contribution is -2.53. The quantitative estimate of drug-likeness (QED) is 0.905. The molecule has 0 bridgehead atoms. The third kappa shape index (κ3) is 2.42. The molecule has 1 N–H and O–H groups in total. The van der Waals surface area contributed by atoms with Crippen molar-refractivity contribution in [2.75, 3.05) is 19.7 Å². The highest BCUT2D eigenvalue weighted by atomic mass is 35.5. The number of benzene rings is 1. The molecule has 1 aromatic carbocycles. The van der Waals surface area contributed by atoms with Gasteiger partial charge in [0.05, 0.1) is 5.54 Å². The first-order valence-corrected chi connectivity index (χ1v) is 6.97. The van der Waals surface area contributed by atoms with Gasteiger partial charge in [0.1, 0.15) is 6.61 Å². The predicted molar refractivity (Wildman–Crippen MR) is 73.2 cm³/mol. The molecule has 2 fully saturated rings. The van der Waals surface area contributed by atoms with Gasteiger partial charge >= 0.3 is 6.09 Å². The Bertz CT molecular complexity index is 486. The number of carbonyl (C=O) groups is 1. The number of piperidine rings is 1. The normalized spacial score (nSPS) is 21.7. The summed E-state index contributed by atoms with van der Waals surface area (Å²) in [5.41, 5.74) is 0.911. The molecule has 0 unspecified atom stereocenters. The number of halogens is 1. The highest BCUT2D eigenvalue weighted by Gasteiger charge is 2.47. The van der Waals surface area contributed by atoms with E-state index >= 15 is 0 Å². The van der Waals surface area contributed by atoms with Gasteiger partial charge in [0.25, 0.3) is 0 Å². The number of nitrogens with one attached hydrogen (secondary N) is 1. The summed E-state index contributed by atoms with van der Waals surface area (Å²) in [4.78, 5) is 13.9. The summed E-state index contributed by atoms with van der Waals surface area (Å²) < 4.78 is 5.29. The average molecular weight is 281 g/mol. The maximum absolute atomic E-state index is 12.0. The molecule has 0 saturated carbocycles. The number of cyclic esters (lactones) is 1. The van der Waals surface area contributed by atoms with Crippen molar-refractivity contribution in [1.82, 2.24) is 10.2 Å². The highest BCUT2D eigenvalue weighted by molar-refractivity contribution is 6.30. The van der Waals surface area contributed by atoms with Crippen molar-refractivity contribution in [3.63, 3.8) is 0 Å². The molecule has 0 atom stereocenters. The van der Waals surface area contributed by atoms with Crippen LogP contribution in [0.4, 0.5) is 4.79 Å². The van der Waals surface area contributed by atoms with Crippen LogP contribution < -0.4 is 5.32 Å². The third-order valence-electron chi connectivity index (χ3n) is 4.02. The van der Waals surface area contributed by atoms with Crippen molar-refractivity contribution in [3.8, 4) is 0 Å². The Hall–Kier alpha value is -1.26. The zero-order valence-electron chi connectivity index (χ0n) is 10.7. The van der Waals surface area contributed by atoms with Gasteiger partial charge in [-0.1, -0.05) is 23.7 Å². The Morgan fingerprint density at radius 3 is 2.89 bits per heavy atom. The molecule has 2 aliphatic heterocycles. The van der Waals surface area contributed by atoms with Gasteiger partial charge in [0.2, 0.25) is 0 Å². The van der Waals surface area contributed by atoms with Crippen LogP contribution in [0.2, 0.25) is 5.02 Å². The van der Waals surface area contributed by atoms with E-state index in [1.165, 1.54) is 0 Å². The third-order valence-corrected chi connectivity index (χ3v) is 4.26. The molecule has 1 spiro atoms. The van der Waals surface area contributed by atoms with Crippen LogP contribution in [0.15, 0.2) is 24.3 Å². The van der Waals surface area contributed by atoms with Crippen LogP contribution >= 0.6 is 11.6 Å². The SMILES string of the molecule is O=C1OCC2(CCNCC2)N1Cc1cccc(Cl)c1. The largest absolute Gasteiger partial charge is 0.447 e. The lowest BCUT2D eigenvalue weighted by atomic mass is 9.88. The van der Waals surface area contributed by atoms with Gasteiger partial charge < -0.3 is 10.1 Å². The number of hydrogen-bond donors (Lipinski definition) is 1. The van der Waals surface area contributed by atoms with E-state index in [2.05, 4.69) is 5.32 Å². The molecule has 1 aromatic rings. The fraction of sp³-hybridized carbons (Fsp3) is 0.500. The highest BCUT2D eigenvalue weighted by Crippen LogP contribution is 2.34. The second-order valence-electron chi connectivity index (χ2n) is 5.24. The van der Waals surface area contributed by atoms with Crippen LogP contribution in [-0.2, 0) is 11.3 Å². The van der Waals surface area contributed by atoms with Gasteiger partial charge in [-0.25, -0.2) is 4.79 Å². The maximum Gasteiger partial charge on any atom is 0.410 e. The van der Waals surface area contributed by atoms with E-state index in [1.54, 1.807) is 0 Å². The van der Waals surface area contributed by atoms with Crippen molar-refractivity contribution < 1.29 is 9.53 Å². The van der Waals surface area contributed by atoms with Gasteiger partial charge in [-0.05, 0) is 43.6 Å². The Balaban J connectivity index is 1.82. The minimum Gasteiger partial charge on any atom is -0.447 e. The van der Waals surface area contributed by atoms with Crippen LogP contribution in [-0.4, -0.2) is 36.2 Å². The summed E-state index contributed by atoms with van der Waals surface area (Å²) in [6.45, 7) is 2.94. The zero-order chi connectivity index (χ0) is 13.3. The molecule has 0 aliphatic carbocycles. The summed E-state index contributed by atoms with van der Waals surface area (Å²) in [5.74, 6) is 0. The topological polar surface area (TPSA) is 41.6 Å². The average Bonchev–Trinajstić information content (AvgIpc) is 2.69. The van der Waals surface area contributed by atoms with Crippen LogP contribution in [0.25, 0.3) is 0 Å². The van der Waals surface area contributed by atoms with Gasteiger partial charge in [0.15, 0.2) is 0 Å². The van der Waals surface area contributed by atoms with E-state index < -0.39 is 0 Å². The van der Waals surface area contributed by atoms with E-state index in [0.29, 0.717) is 18.2 Å². The molecule has 0 aromatic heterocycles. The molecule has 3 rings (SSSR count). The molecule has 4 nitrogen and oxygen atoms in total. The first kappa shape index (κ1) is 12.8. The smallest absolute Gasteiger partial charge is 0.410 e. The monoisotopic (exact) mass is 280 g/mol. The molecule has 19 heavy (non-hydrogen) atoms. The molecule has 1 amide bonds. The molecular formula is C14H17ClN2O2. The number of ether oxygens (including phenoxy) is 1. The van der Waals surface area contributed by atoms with E-state index in [1.807, 2.05) is 29.2 Å². The first-order valence-electron chi connectivity index (χ1n) is 6.59. The standard InChI is InChI=1S/C14H17ClN2O2/c15-12-3-1-2-11(8-12)9-17-13(18)19-10-14(17)4-6-16-7-5-14/h1-3,8,16H,4-7,9-10H2. The van der Waals surface area contributed by atoms with Crippen LogP contribution in [0.5, 0.6) is 0 Å². The molecule has 2 saturated heterocycles. The lowest BCUT2D eigenvalue weighted by Gasteiger charge is -2.38. The lowest BCUT2D eigenvalue weighted by molar-refractivity contribution is 0.119. The predicted octanol–water partition coefficient (Wildman–Crippen LogP) is 2.41. The maximum atomic E-state index is 12.0. The zero-order valence-corrected chi connectivity index (χ0v) is 11.4. The molecule has 0 radical (unpaired) electrons. The van der Waals surface area contributed by atoms with Gasteiger partial charge in [0, 0.05) is 11.6 Å². The molecule has 2 aliphatic rings. The van der Waals surface area contributed by atoms with Gasteiger partial charge in [-0.2, -0.15) is 0 Å². The van der Waals surface area contributed by atoms with Crippen LogP contribution in [0.3, 0.4) is 0 Å². The minimum absolute atomic E-state index is 0.134. The molecule has 5 heteroatoms. The van der Waals surface area contributed by atoms with E-state index in [-0.39, 0.29) is 11.6 Å². The molecule has 102 valence electrons. The van der Waals surface area contributed by atoms with E-state index in [9.17, 15) is 4.79 Å². The van der Waals surface area contributed by atoms with Crippen molar-refractivity contribution in [1.29, 1.82) is 0 Å². The Labute approximate surface area is 117 Å². The summed E-state index contributed by atoms with van der Waals surface area (Å²) in [7, 11) is 0. The van der Waals surface area contributed by atoms with Crippen molar-refractivity contribution in [3.05, 3.63) is 34.9 Å². The molecule has 2 heterocycles.